The van der Waals surface area contributed by atoms with Gasteiger partial charge in [-0.25, -0.2) is 0 Å². The zero-order valence-electron chi connectivity index (χ0n) is 13.3. The first kappa shape index (κ1) is 14.6. The van der Waals surface area contributed by atoms with E-state index < -0.39 is 8.80 Å². The fourth-order valence-corrected chi connectivity index (χ4v) is 7.18. The molecule has 2 aromatic rings. The topological polar surface area (TPSA) is 0 Å². The molecule has 1 aliphatic carbocycles. The van der Waals surface area contributed by atoms with Crippen LogP contribution in [0, 0.1) is 0 Å². The van der Waals surface area contributed by atoms with Crippen LogP contribution in [0.2, 0.25) is 17.6 Å². The third-order valence-corrected chi connectivity index (χ3v) is 9.32. The minimum absolute atomic E-state index is 0.547. The molecule has 0 saturated carbocycles. The molecule has 1 aliphatic rings. The summed E-state index contributed by atoms with van der Waals surface area (Å²) in [6, 6.07) is 20.8. The van der Waals surface area contributed by atoms with Gasteiger partial charge in [0.05, 0.1) is 0 Å². The van der Waals surface area contributed by atoms with Gasteiger partial charge < -0.3 is 0 Å². The molecule has 0 aromatic heterocycles. The Morgan fingerprint density at radius 1 is 0.952 bits per heavy atom. The van der Waals surface area contributed by atoms with Crippen LogP contribution in [-0.4, -0.2) is 8.80 Å². The molecule has 110 valence electrons. The lowest BCUT2D eigenvalue weighted by molar-refractivity contribution is 0.666. The maximum atomic E-state index is 2.42. The maximum absolute atomic E-state index is 2.42. The van der Waals surface area contributed by atoms with Gasteiger partial charge in [0.2, 0.25) is 0 Å². The molecule has 0 nitrogen and oxygen atoms in total. The number of fused-ring (bicyclic) bond motifs is 1. The maximum Gasteiger partial charge on any atom is 0.0397 e. The molecule has 0 spiro atoms. The molecular weight excluding hydrogens is 268 g/mol. The molecule has 21 heavy (non-hydrogen) atoms. The molecule has 0 heterocycles. The molecule has 0 radical (unpaired) electrons. The first-order chi connectivity index (χ1) is 10.3. The van der Waals surface area contributed by atoms with Gasteiger partial charge in [-0.3, -0.25) is 0 Å². The fourth-order valence-electron chi connectivity index (χ4n) is 4.06. The average molecular weight is 295 g/mol. The van der Waals surface area contributed by atoms with Gasteiger partial charge in [0.15, 0.2) is 0 Å². The van der Waals surface area contributed by atoms with E-state index in [0.717, 1.165) is 5.54 Å². The summed E-state index contributed by atoms with van der Waals surface area (Å²) < 4.78 is 0. The summed E-state index contributed by atoms with van der Waals surface area (Å²) in [5, 5.41) is 0. The van der Waals surface area contributed by atoms with Crippen LogP contribution in [-0.2, 0) is 12.8 Å². The molecule has 0 amide bonds. The van der Waals surface area contributed by atoms with Crippen molar-refractivity contribution in [2.24, 2.45) is 0 Å². The van der Waals surface area contributed by atoms with Crippen LogP contribution < -0.4 is 0 Å². The Morgan fingerprint density at radius 3 is 2.43 bits per heavy atom. The van der Waals surface area contributed by atoms with Gasteiger partial charge in [-0.1, -0.05) is 74.5 Å². The van der Waals surface area contributed by atoms with E-state index in [2.05, 4.69) is 62.4 Å². The molecule has 0 aliphatic heterocycles. The predicted molar refractivity (Wildman–Crippen MR) is 95.8 cm³/mol. The van der Waals surface area contributed by atoms with E-state index in [9.17, 15) is 0 Å². The highest BCUT2D eigenvalue weighted by Crippen LogP contribution is 2.38. The first-order valence-corrected chi connectivity index (χ1v) is 10.8. The van der Waals surface area contributed by atoms with Crippen molar-refractivity contribution in [3.8, 4) is 11.1 Å². The monoisotopic (exact) mass is 294 g/mol. The lowest BCUT2D eigenvalue weighted by Gasteiger charge is -2.31. The van der Waals surface area contributed by atoms with Crippen LogP contribution in [0.3, 0.4) is 0 Å². The van der Waals surface area contributed by atoms with Crippen LogP contribution in [0.25, 0.3) is 11.1 Å². The van der Waals surface area contributed by atoms with Crippen molar-refractivity contribution in [3.05, 3.63) is 59.7 Å². The average Bonchev–Trinajstić information content (AvgIpc) is 2.56. The van der Waals surface area contributed by atoms with Gasteiger partial charge in [-0.2, -0.15) is 0 Å². The molecule has 0 unspecified atom stereocenters. The normalized spacial score (nSPS) is 17.8. The van der Waals surface area contributed by atoms with Gasteiger partial charge in [-0.15, -0.1) is 0 Å². The Labute approximate surface area is 130 Å². The summed E-state index contributed by atoms with van der Waals surface area (Å²) in [6.07, 6.45) is 4.06. The summed E-state index contributed by atoms with van der Waals surface area (Å²) in [7, 11) is -0.547. The molecule has 1 atom stereocenters. The SMILES string of the molecule is CC[SiH](CC)[C@H]1CCc2cccc(-c3ccccc3)c2C1. The van der Waals surface area contributed by atoms with Crippen LogP contribution >= 0.6 is 0 Å². The molecular formula is C20H26Si. The molecule has 1 heteroatoms. The van der Waals surface area contributed by atoms with Gasteiger partial charge in [0, 0.05) is 8.80 Å². The summed E-state index contributed by atoms with van der Waals surface area (Å²) in [5.41, 5.74) is 7.14. The molecule has 2 aromatic carbocycles. The number of hydrogen-bond donors (Lipinski definition) is 0. The number of aryl methyl sites for hydroxylation is 1. The second-order valence-corrected chi connectivity index (χ2v) is 10.5. The number of hydrogen-bond acceptors (Lipinski definition) is 0. The first-order valence-electron chi connectivity index (χ1n) is 8.49. The van der Waals surface area contributed by atoms with Crippen LogP contribution in [0.5, 0.6) is 0 Å². The minimum atomic E-state index is -0.547. The minimum Gasteiger partial charge on any atom is -0.0680 e. The highest BCUT2D eigenvalue weighted by Gasteiger charge is 2.26. The number of rotatable bonds is 4. The van der Waals surface area contributed by atoms with Crippen LogP contribution in [0.1, 0.15) is 31.4 Å². The van der Waals surface area contributed by atoms with Crippen molar-refractivity contribution in [1.29, 1.82) is 0 Å². The summed E-state index contributed by atoms with van der Waals surface area (Å²) in [4.78, 5) is 0. The zero-order valence-corrected chi connectivity index (χ0v) is 14.5. The Morgan fingerprint density at radius 2 is 1.71 bits per heavy atom. The summed E-state index contributed by atoms with van der Waals surface area (Å²) >= 11 is 0. The Hall–Kier alpha value is -1.34. The van der Waals surface area contributed by atoms with E-state index in [0.29, 0.717) is 0 Å². The van der Waals surface area contributed by atoms with Crippen molar-refractivity contribution in [1.82, 2.24) is 0 Å². The second-order valence-electron chi connectivity index (χ2n) is 6.39. The highest BCUT2D eigenvalue weighted by molar-refractivity contribution is 6.60. The Kier molecular flexibility index (Phi) is 4.59. The third-order valence-electron chi connectivity index (χ3n) is 5.32. The standard InChI is InChI=1S/C20H26Si/c1-3-21(4-2)18-14-13-17-11-8-12-19(20(17)15-18)16-9-6-5-7-10-16/h5-12,18,21H,3-4,13-15H2,1-2H3/t18-/m0/s1. The van der Waals surface area contributed by atoms with Crippen molar-refractivity contribution in [2.45, 2.75) is 50.7 Å². The lowest BCUT2D eigenvalue weighted by Crippen LogP contribution is -2.25. The molecule has 3 rings (SSSR count). The fraction of sp³-hybridized carbons (Fsp3) is 0.400. The molecule has 0 bridgehead atoms. The van der Waals surface area contributed by atoms with E-state index in [1.54, 1.807) is 11.1 Å². The molecule has 0 N–H and O–H groups in total. The number of benzene rings is 2. The third kappa shape index (κ3) is 2.98. The highest BCUT2D eigenvalue weighted by atomic mass is 28.3. The van der Waals surface area contributed by atoms with E-state index in [4.69, 9.17) is 0 Å². The Bertz CT molecular complexity index is 584. The van der Waals surface area contributed by atoms with Gasteiger partial charge in [0.1, 0.15) is 0 Å². The summed E-state index contributed by atoms with van der Waals surface area (Å²) in [5.74, 6) is 0. The second kappa shape index (κ2) is 6.61. The van der Waals surface area contributed by atoms with Crippen molar-refractivity contribution >= 4 is 8.80 Å². The van der Waals surface area contributed by atoms with Crippen molar-refractivity contribution < 1.29 is 0 Å². The largest absolute Gasteiger partial charge is 0.0680 e. The van der Waals surface area contributed by atoms with E-state index in [1.807, 2.05) is 0 Å². The summed E-state index contributed by atoms with van der Waals surface area (Å²) in [6.45, 7) is 4.83. The predicted octanol–water partition coefficient (Wildman–Crippen LogP) is 5.48. The quantitative estimate of drug-likeness (QED) is 0.655. The van der Waals surface area contributed by atoms with Crippen molar-refractivity contribution in [3.63, 3.8) is 0 Å². The van der Waals surface area contributed by atoms with E-state index in [1.165, 1.54) is 42.5 Å². The van der Waals surface area contributed by atoms with Gasteiger partial charge in [0.25, 0.3) is 0 Å². The van der Waals surface area contributed by atoms with Crippen molar-refractivity contribution in [2.75, 3.05) is 0 Å². The lowest BCUT2D eigenvalue weighted by atomic mass is 9.85. The Balaban J connectivity index is 1.96. The smallest absolute Gasteiger partial charge is 0.0397 e. The molecule has 0 saturated heterocycles. The van der Waals surface area contributed by atoms with Crippen LogP contribution in [0.15, 0.2) is 48.5 Å². The van der Waals surface area contributed by atoms with Gasteiger partial charge >= 0.3 is 0 Å². The molecule has 0 fully saturated rings. The zero-order chi connectivity index (χ0) is 14.7. The van der Waals surface area contributed by atoms with Crippen LogP contribution in [0.4, 0.5) is 0 Å². The van der Waals surface area contributed by atoms with E-state index >= 15 is 0 Å². The van der Waals surface area contributed by atoms with Gasteiger partial charge in [-0.05, 0) is 47.1 Å². The van der Waals surface area contributed by atoms with E-state index in [-0.39, 0.29) is 0 Å².